The number of halogens is 3. The minimum absolute atomic E-state index is 0.0436. The highest BCUT2D eigenvalue weighted by Crippen LogP contribution is 2.27. The third-order valence-corrected chi connectivity index (χ3v) is 2.55. The second-order valence-corrected chi connectivity index (χ2v) is 4.31. The minimum Gasteiger partial charge on any atom is -0.358 e. The summed E-state index contributed by atoms with van der Waals surface area (Å²) in [6.45, 7) is 0. The Kier molecular flexibility index (Phi) is 3.33. The molecular weight excluding hydrogens is 267 g/mol. The third-order valence-electron chi connectivity index (χ3n) is 1.64. The molecule has 0 fully saturated rings. The number of sulfonamides is 1. The average molecular weight is 271 g/mol. The normalized spacial score (nSPS) is 11.8. The van der Waals surface area contributed by atoms with E-state index in [2.05, 4.69) is 10.1 Å². The van der Waals surface area contributed by atoms with Gasteiger partial charge < -0.3 is 10.1 Å². The zero-order valence-electron chi connectivity index (χ0n) is 7.80. The first-order valence-electron chi connectivity index (χ1n) is 3.80. The van der Waals surface area contributed by atoms with Crippen LogP contribution >= 0.6 is 0 Å². The van der Waals surface area contributed by atoms with Gasteiger partial charge in [0.25, 0.3) is 5.69 Å². The first-order chi connectivity index (χ1) is 7.64. The highest BCUT2D eigenvalue weighted by atomic mass is 32.2. The van der Waals surface area contributed by atoms with Crippen molar-refractivity contribution in [2.45, 2.75) is 11.3 Å². The molecule has 0 bridgehead atoms. The predicted octanol–water partition coefficient (Wildman–Crippen LogP) is 0.714. The fourth-order valence-corrected chi connectivity index (χ4v) is 1.61. The van der Waals surface area contributed by atoms with E-state index in [-0.39, 0.29) is 6.07 Å². The maximum atomic E-state index is 13.0. The van der Waals surface area contributed by atoms with Crippen molar-refractivity contribution in [2.75, 3.05) is 0 Å². The molecule has 0 aliphatic carbocycles. The fourth-order valence-electron chi connectivity index (χ4n) is 0.969. The predicted molar refractivity (Wildman–Crippen MR) is 47.2 cm³/mol. The van der Waals surface area contributed by atoms with Crippen molar-refractivity contribution in [1.29, 1.82) is 0 Å². The van der Waals surface area contributed by atoms with Gasteiger partial charge >= 0.3 is 12.2 Å². The number of hydrogen-bond donors (Lipinski definition) is 1. The van der Waals surface area contributed by atoms with Crippen LogP contribution in [-0.2, 0) is 10.0 Å². The van der Waals surface area contributed by atoms with Crippen molar-refractivity contribution in [3.05, 3.63) is 27.7 Å². The van der Waals surface area contributed by atoms with E-state index in [1.165, 1.54) is 0 Å². The van der Waals surface area contributed by atoms with Gasteiger partial charge in [-0.05, 0) is 9.91 Å². The molecule has 0 unspecified atom stereocenters. The molecular formula is C6H4F3N3O4S. The Morgan fingerprint density at radius 2 is 2.00 bits per heavy atom. The molecule has 0 saturated carbocycles. The molecule has 17 heavy (non-hydrogen) atoms. The van der Waals surface area contributed by atoms with E-state index in [0.29, 0.717) is 0 Å². The molecule has 1 heterocycles. The summed E-state index contributed by atoms with van der Waals surface area (Å²) < 4.78 is 59.1. The lowest BCUT2D eigenvalue weighted by atomic mass is 10.3. The molecule has 0 radical (unpaired) electrons. The van der Waals surface area contributed by atoms with Gasteiger partial charge in [-0.3, -0.25) is 0 Å². The van der Waals surface area contributed by atoms with Crippen LogP contribution in [0, 0.1) is 15.9 Å². The van der Waals surface area contributed by atoms with Crippen LogP contribution in [0.3, 0.4) is 0 Å². The van der Waals surface area contributed by atoms with Gasteiger partial charge in [0.2, 0.25) is 10.0 Å². The van der Waals surface area contributed by atoms with Crippen LogP contribution in [0.1, 0.15) is 12.1 Å². The van der Waals surface area contributed by atoms with Crippen molar-refractivity contribution in [3.8, 4) is 0 Å². The topological polar surface area (TPSA) is 116 Å². The largest absolute Gasteiger partial charge is 0.384 e. The molecule has 1 rings (SSSR count). The van der Waals surface area contributed by atoms with E-state index in [4.69, 9.17) is 0 Å². The number of aromatic nitrogens is 1. The molecule has 94 valence electrons. The van der Waals surface area contributed by atoms with Gasteiger partial charge in [0.15, 0.2) is 10.7 Å². The second-order valence-electron chi connectivity index (χ2n) is 2.78. The Morgan fingerprint density at radius 1 is 1.47 bits per heavy atom. The van der Waals surface area contributed by atoms with Gasteiger partial charge in [-0.2, -0.15) is 0 Å². The van der Waals surface area contributed by atoms with Crippen LogP contribution in [0.2, 0.25) is 0 Å². The maximum absolute atomic E-state index is 13.0. The van der Waals surface area contributed by atoms with Gasteiger partial charge in [-0.1, -0.05) is 0 Å². The number of nitrogens with zero attached hydrogens (tertiary/aromatic N) is 2. The number of rotatable bonds is 3. The Bertz CT molecular complexity index is 574. The monoisotopic (exact) mass is 271 g/mol. The summed E-state index contributed by atoms with van der Waals surface area (Å²) >= 11 is 0. The summed E-state index contributed by atoms with van der Waals surface area (Å²) in [4.78, 5) is 10.5. The summed E-state index contributed by atoms with van der Waals surface area (Å²) in [5.41, 5.74) is -1.51. The zero-order valence-corrected chi connectivity index (χ0v) is 8.62. The zero-order chi connectivity index (χ0) is 13.4. The smallest absolute Gasteiger partial charge is 0.358 e. The summed E-state index contributed by atoms with van der Waals surface area (Å²) in [6.07, 6.45) is -3.41. The van der Waals surface area contributed by atoms with Crippen molar-refractivity contribution in [2.24, 2.45) is 5.14 Å². The van der Waals surface area contributed by atoms with E-state index >= 15 is 0 Å². The summed E-state index contributed by atoms with van der Waals surface area (Å²) in [7, 11) is -4.63. The number of nitrogens with two attached hydrogens (primary N) is 1. The van der Waals surface area contributed by atoms with Gasteiger partial charge in [0.1, 0.15) is 0 Å². The van der Waals surface area contributed by atoms with E-state index in [1.54, 1.807) is 0 Å². The van der Waals surface area contributed by atoms with Crippen LogP contribution < -0.4 is 5.14 Å². The number of pyridine rings is 1. The molecule has 11 heteroatoms. The number of primary sulfonamides is 1. The Hall–Kier alpha value is -1.75. The SMILES string of the molecule is NS(=O)(=O)c1cc(F)c(C(F)F)nc1[N+](=O)[O-]. The first-order valence-corrected chi connectivity index (χ1v) is 5.35. The Balaban J connectivity index is 3.65. The van der Waals surface area contributed by atoms with Crippen molar-refractivity contribution < 1.29 is 26.5 Å². The summed E-state index contributed by atoms with van der Waals surface area (Å²) in [5, 5.41) is 15.0. The van der Waals surface area contributed by atoms with Gasteiger partial charge in [-0.15, -0.1) is 0 Å². The molecule has 0 spiro atoms. The molecule has 0 amide bonds. The van der Waals surface area contributed by atoms with Crippen LogP contribution in [0.4, 0.5) is 19.0 Å². The fraction of sp³-hybridized carbons (Fsp3) is 0.167. The lowest BCUT2D eigenvalue weighted by molar-refractivity contribution is -0.392. The molecule has 0 atom stereocenters. The average Bonchev–Trinajstić information content (AvgIpc) is 2.14. The number of hydrogen-bond acceptors (Lipinski definition) is 5. The molecule has 0 aromatic carbocycles. The molecule has 1 aromatic heterocycles. The summed E-state index contributed by atoms with van der Waals surface area (Å²) in [5.74, 6) is -3.13. The molecule has 1 aromatic rings. The van der Waals surface area contributed by atoms with Crippen LogP contribution in [0.5, 0.6) is 0 Å². The summed E-state index contributed by atoms with van der Waals surface area (Å²) in [6, 6.07) is 0.0436. The molecule has 0 aliphatic heterocycles. The highest BCUT2D eigenvalue weighted by Gasteiger charge is 2.32. The van der Waals surface area contributed by atoms with Gasteiger partial charge in [0.05, 0.1) is 0 Å². The van der Waals surface area contributed by atoms with E-state index < -0.39 is 43.6 Å². The minimum atomic E-state index is -4.63. The molecule has 0 saturated heterocycles. The van der Waals surface area contributed by atoms with E-state index in [1.807, 2.05) is 0 Å². The van der Waals surface area contributed by atoms with Crippen LogP contribution in [0.15, 0.2) is 11.0 Å². The van der Waals surface area contributed by atoms with Gasteiger partial charge in [0, 0.05) is 6.07 Å². The lowest BCUT2D eigenvalue weighted by Crippen LogP contribution is -2.16. The third kappa shape index (κ3) is 2.68. The van der Waals surface area contributed by atoms with Crippen molar-refractivity contribution >= 4 is 15.8 Å². The Labute approximate surface area is 92.3 Å². The van der Waals surface area contributed by atoms with E-state index in [9.17, 15) is 31.7 Å². The molecule has 0 aliphatic rings. The maximum Gasteiger partial charge on any atom is 0.384 e. The van der Waals surface area contributed by atoms with Crippen molar-refractivity contribution in [3.63, 3.8) is 0 Å². The standard InChI is InChI=1S/C6H4F3N3O4S/c7-2-1-3(17(10,15)16)6(12(13)14)11-4(2)5(8)9/h1,5H,(H2,10,15,16). The van der Waals surface area contributed by atoms with Gasteiger partial charge in [-0.25, -0.2) is 26.7 Å². The quantitative estimate of drug-likeness (QED) is 0.642. The van der Waals surface area contributed by atoms with E-state index in [0.717, 1.165) is 0 Å². The molecule has 2 N–H and O–H groups in total. The van der Waals surface area contributed by atoms with Crippen molar-refractivity contribution in [1.82, 2.24) is 4.98 Å². The highest BCUT2D eigenvalue weighted by molar-refractivity contribution is 7.89. The molecule has 7 nitrogen and oxygen atoms in total. The lowest BCUT2D eigenvalue weighted by Gasteiger charge is -2.02. The number of alkyl halides is 2. The second kappa shape index (κ2) is 4.25. The Morgan fingerprint density at radius 3 is 2.35 bits per heavy atom. The van der Waals surface area contributed by atoms with Crippen LogP contribution in [-0.4, -0.2) is 18.3 Å². The van der Waals surface area contributed by atoms with Crippen LogP contribution in [0.25, 0.3) is 0 Å². The number of nitro groups is 1. The first kappa shape index (κ1) is 13.3.